The largest absolute Gasteiger partial charge is 0.414 e. The van der Waals surface area contributed by atoms with Gasteiger partial charge in [0, 0.05) is 15.8 Å². The van der Waals surface area contributed by atoms with Crippen molar-refractivity contribution in [2.45, 2.75) is 37.3 Å². The number of nitrogens with two attached hydrogens (primary N) is 1. The third kappa shape index (κ3) is 4.61. The van der Waals surface area contributed by atoms with Gasteiger partial charge in [-0.2, -0.15) is 0 Å². The van der Waals surface area contributed by atoms with Gasteiger partial charge >= 0.3 is 0 Å². The van der Waals surface area contributed by atoms with Gasteiger partial charge in [0.25, 0.3) is 5.22 Å². The summed E-state index contributed by atoms with van der Waals surface area (Å²) in [5.41, 5.74) is 6.88. The van der Waals surface area contributed by atoms with Crippen molar-refractivity contribution in [1.82, 2.24) is 10.2 Å². The van der Waals surface area contributed by atoms with Crippen LogP contribution in [0.5, 0.6) is 0 Å². The molecule has 0 saturated heterocycles. The second-order valence-corrected chi connectivity index (χ2v) is 6.87. The Labute approximate surface area is 138 Å². The maximum atomic E-state index is 6.12. The molecule has 1 heterocycles. The molecular weight excluding hydrogens is 329 g/mol. The minimum Gasteiger partial charge on any atom is -0.414 e. The Morgan fingerprint density at radius 2 is 1.90 bits per heavy atom. The Bertz CT molecular complexity index is 583. The second-order valence-electron chi connectivity index (χ2n) is 5.13. The molecule has 1 atom stereocenters. The van der Waals surface area contributed by atoms with E-state index in [0.29, 0.717) is 32.8 Å². The van der Waals surface area contributed by atoms with Gasteiger partial charge in [-0.15, -0.1) is 10.2 Å². The van der Waals surface area contributed by atoms with Gasteiger partial charge in [-0.25, -0.2) is 0 Å². The number of halogens is 2. The van der Waals surface area contributed by atoms with Crippen molar-refractivity contribution in [3.05, 3.63) is 39.7 Å². The molecule has 0 spiro atoms. The predicted octanol–water partition coefficient (Wildman–Crippen LogP) is 4.71. The molecule has 7 heteroatoms. The van der Waals surface area contributed by atoms with Crippen molar-refractivity contribution in [2.75, 3.05) is 0 Å². The van der Waals surface area contributed by atoms with Crippen LogP contribution in [0.2, 0.25) is 10.0 Å². The summed E-state index contributed by atoms with van der Waals surface area (Å²) in [5.74, 6) is 1.51. The highest BCUT2D eigenvalue weighted by Gasteiger charge is 2.16. The Balaban J connectivity index is 2.00. The summed E-state index contributed by atoms with van der Waals surface area (Å²) in [6.45, 7) is 4.20. The standard InChI is InChI=1S/C14H17Cl2N3OS/c1-8(2)6-12(17)13-18-19-14(20-13)21-7-9-10(15)4-3-5-11(9)16/h3-5,8,12H,6-7,17H2,1-2H3. The maximum absolute atomic E-state index is 6.12. The topological polar surface area (TPSA) is 64.9 Å². The van der Waals surface area contributed by atoms with Crippen molar-refractivity contribution in [3.8, 4) is 0 Å². The average molecular weight is 346 g/mol. The highest BCUT2D eigenvalue weighted by molar-refractivity contribution is 7.98. The van der Waals surface area contributed by atoms with Crippen LogP contribution in [0.15, 0.2) is 27.8 Å². The molecular formula is C14H17Cl2N3OS. The van der Waals surface area contributed by atoms with Gasteiger partial charge in [0.1, 0.15) is 0 Å². The Kier molecular flexibility index (Phi) is 5.93. The monoisotopic (exact) mass is 345 g/mol. The fourth-order valence-electron chi connectivity index (χ4n) is 1.84. The summed E-state index contributed by atoms with van der Waals surface area (Å²) >= 11 is 13.6. The fraction of sp³-hybridized carbons (Fsp3) is 0.429. The van der Waals surface area contributed by atoms with E-state index >= 15 is 0 Å². The third-order valence-electron chi connectivity index (χ3n) is 2.87. The summed E-state index contributed by atoms with van der Waals surface area (Å²) in [6.07, 6.45) is 0.808. The third-order valence-corrected chi connectivity index (χ3v) is 4.42. The minimum atomic E-state index is -0.226. The van der Waals surface area contributed by atoms with Crippen LogP contribution >= 0.6 is 35.0 Å². The molecule has 0 amide bonds. The normalized spacial score (nSPS) is 12.9. The highest BCUT2D eigenvalue weighted by Crippen LogP contribution is 2.31. The van der Waals surface area contributed by atoms with E-state index in [1.54, 1.807) is 12.1 Å². The first kappa shape index (κ1) is 16.6. The number of benzene rings is 1. The van der Waals surface area contributed by atoms with Crippen molar-refractivity contribution >= 4 is 35.0 Å². The Hall–Kier alpha value is -0.750. The lowest BCUT2D eigenvalue weighted by Crippen LogP contribution is -2.13. The van der Waals surface area contributed by atoms with Crippen LogP contribution in [0.25, 0.3) is 0 Å². The number of rotatable bonds is 6. The molecule has 2 N–H and O–H groups in total. The lowest BCUT2D eigenvalue weighted by molar-refractivity contribution is 0.361. The molecule has 1 aromatic heterocycles. The summed E-state index contributed by atoms with van der Waals surface area (Å²) in [7, 11) is 0. The molecule has 0 aliphatic rings. The number of thioether (sulfide) groups is 1. The number of hydrogen-bond acceptors (Lipinski definition) is 5. The first-order valence-electron chi connectivity index (χ1n) is 6.62. The van der Waals surface area contributed by atoms with E-state index in [0.717, 1.165) is 12.0 Å². The van der Waals surface area contributed by atoms with Crippen LogP contribution < -0.4 is 5.73 Å². The zero-order chi connectivity index (χ0) is 15.4. The van der Waals surface area contributed by atoms with E-state index in [1.165, 1.54) is 11.8 Å². The van der Waals surface area contributed by atoms with E-state index in [4.69, 9.17) is 33.4 Å². The van der Waals surface area contributed by atoms with Crippen LogP contribution in [0.4, 0.5) is 0 Å². The molecule has 0 radical (unpaired) electrons. The van der Waals surface area contributed by atoms with E-state index < -0.39 is 0 Å². The molecule has 0 saturated carbocycles. The smallest absolute Gasteiger partial charge is 0.276 e. The minimum absolute atomic E-state index is 0.226. The number of hydrogen-bond donors (Lipinski definition) is 1. The van der Waals surface area contributed by atoms with Crippen LogP contribution in [0.1, 0.15) is 37.8 Å². The van der Waals surface area contributed by atoms with E-state index in [2.05, 4.69) is 24.0 Å². The summed E-state index contributed by atoms with van der Waals surface area (Å²) < 4.78 is 5.58. The molecule has 2 aromatic rings. The lowest BCUT2D eigenvalue weighted by Gasteiger charge is -2.08. The summed E-state index contributed by atoms with van der Waals surface area (Å²) in [4.78, 5) is 0. The highest BCUT2D eigenvalue weighted by atomic mass is 35.5. The van der Waals surface area contributed by atoms with E-state index in [9.17, 15) is 0 Å². The molecule has 2 rings (SSSR count). The molecule has 4 nitrogen and oxygen atoms in total. The van der Waals surface area contributed by atoms with Crippen molar-refractivity contribution in [1.29, 1.82) is 0 Å². The van der Waals surface area contributed by atoms with Gasteiger partial charge in [-0.3, -0.25) is 0 Å². The van der Waals surface area contributed by atoms with E-state index in [-0.39, 0.29) is 6.04 Å². The van der Waals surface area contributed by atoms with Crippen LogP contribution in [-0.4, -0.2) is 10.2 Å². The molecule has 0 aliphatic carbocycles. The van der Waals surface area contributed by atoms with Gasteiger partial charge in [0.15, 0.2) is 0 Å². The maximum Gasteiger partial charge on any atom is 0.276 e. The van der Waals surface area contributed by atoms with Gasteiger partial charge in [-0.05, 0) is 30.0 Å². The average Bonchev–Trinajstić information content (AvgIpc) is 2.86. The first-order valence-corrected chi connectivity index (χ1v) is 8.36. The SMILES string of the molecule is CC(C)CC(N)c1nnc(SCc2c(Cl)cccc2Cl)o1. The zero-order valence-corrected chi connectivity index (χ0v) is 14.2. The van der Waals surface area contributed by atoms with Gasteiger partial charge in [0.05, 0.1) is 6.04 Å². The molecule has 1 unspecified atom stereocenters. The molecule has 21 heavy (non-hydrogen) atoms. The molecule has 0 fully saturated rings. The summed E-state index contributed by atoms with van der Waals surface area (Å²) in [6, 6.07) is 5.20. The van der Waals surface area contributed by atoms with Crippen molar-refractivity contribution < 1.29 is 4.42 Å². The van der Waals surface area contributed by atoms with Crippen molar-refractivity contribution in [2.24, 2.45) is 11.7 Å². The molecule has 0 aliphatic heterocycles. The van der Waals surface area contributed by atoms with Gasteiger partial charge < -0.3 is 10.2 Å². The van der Waals surface area contributed by atoms with Crippen molar-refractivity contribution in [3.63, 3.8) is 0 Å². The van der Waals surface area contributed by atoms with Crippen LogP contribution in [0, 0.1) is 5.92 Å². The van der Waals surface area contributed by atoms with E-state index in [1.807, 2.05) is 6.07 Å². The zero-order valence-electron chi connectivity index (χ0n) is 11.8. The molecule has 1 aromatic carbocycles. The van der Waals surface area contributed by atoms with Gasteiger partial charge in [-0.1, -0.05) is 54.9 Å². The van der Waals surface area contributed by atoms with Crippen LogP contribution in [-0.2, 0) is 5.75 Å². The second kappa shape index (κ2) is 7.49. The predicted molar refractivity (Wildman–Crippen MR) is 86.7 cm³/mol. The fourth-order valence-corrected chi connectivity index (χ4v) is 3.35. The Morgan fingerprint density at radius 1 is 1.24 bits per heavy atom. The number of aromatic nitrogens is 2. The molecule has 114 valence electrons. The quantitative estimate of drug-likeness (QED) is 0.767. The van der Waals surface area contributed by atoms with Gasteiger partial charge in [0.2, 0.25) is 5.89 Å². The summed E-state index contributed by atoms with van der Waals surface area (Å²) in [5, 5.41) is 9.73. The Morgan fingerprint density at radius 3 is 2.52 bits per heavy atom. The first-order chi connectivity index (χ1) is 9.97. The van der Waals surface area contributed by atoms with Crippen LogP contribution in [0.3, 0.4) is 0 Å². The number of nitrogens with zero attached hydrogens (tertiary/aromatic N) is 2. The lowest BCUT2D eigenvalue weighted by atomic mass is 10.1. The molecule has 0 bridgehead atoms.